The molecule has 1 saturated heterocycles. The first kappa shape index (κ1) is 17.0. The van der Waals surface area contributed by atoms with Gasteiger partial charge in [0.1, 0.15) is 0 Å². The average Bonchev–Trinajstić information content (AvgIpc) is 3.18. The van der Waals surface area contributed by atoms with Crippen LogP contribution >= 0.6 is 12.2 Å². The van der Waals surface area contributed by atoms with Crippen LogP contribution in [0.15, 0.2) is 42.9 Å². The van der Waals surface area contributed by atoms with Gasteiger partial charge in [-0.15, -0.1) is 0 Å². The molecule has 1 fully saturated rings. The van der Waals surface area contributed by atoms with Gasteiger partial charge in [-0.3, -0.25) is 4.98 Å². The maximum Gasteiger partial charge on any atom is 0.170 e. The molecule has 24 heavy (non-hydrogen) atoms. The summed E-state index contributed by atoms with van der Waals surface area (Å²) in [5.74, 6) is 0. The first-order valence-electron chi connectivity index (χ1n) is 8.77. The molecule has 0 aromatic carbocycles. The van der Waals surface area contributed by atoms with Gasteiger partial charge in [-0.05, 0) is 56.2 Å². The molecule has 3 rings (SSSR count). The Hall–Kier alpha value is -1.88. The number of thiocarbonyl (C=S) groups is 1. The third-order valence-electron chi connectivity index (χ3n) is 4.63. The summed E-state index contributed by atoms with van der Waals surface area (Å²) in [6.07, 6.45) is 8.56. The summed E-state index contributed by atoms with van der Waals surface area (Å²) in [6, 6.07) is 9.04. The van der Waals surface area contributed by atoms with E-state index < -0.39 is 0 Å². The maximum absolute atomic E-state index is 5.65. The SMILES string of the molecule is CCCCN1C(=S)N[C@H](c2ccccn2)[C@@H]1c1ccn(C(C)C)c1. The molecule has 1 aliphatic rings. The van der Waals surface area contributed by atoms with Crippen LogP contribution in [-0.2, 0) is 0 Å². The number of nitrogens with zero attached hydrogens (tertiary/aromatic N) is 3. The summed E-state index contributed by atoms with van der Waals surface area (Å²) < 4.78 is 2.25. The van der Waals surface area contributed by atoms with E-state index in [1.807, 2.05) is 18.3 Å². The Kier molecular flexibility index (Phi) is 5.19. The zero-order valence-corrected chi connectivity index (χ0v) is 15.5. The van der Waals surface area contributed by atoms with Crippen molar-refractivity contribution in [3.05, 3.63) is 54.1 Å². The van der Waals surface area contributed by atoms with Crippen molar-refractivity contribution < 1.29 is 0 Å². The largest absolute Gasteiger partial charge is 0.352 e. The van der Waals surface area contributed by atoms with E-state index in [9.17, 15) is 0 Å². The lowest BCUT2D eigenvalue weighted by Gasteiger charge is -2.27. The number of nitrogens with one attached hydrogen (secondary N) is 1. The Labute approximate surface area is 149 Å². The number of unbranched alkanes of at least 4 members (excludes halogenated alkanes) is 1. The molecule has 0 saturated carbocycles. The minimum Gasteiger partial charge on any atom is -0.352 e. The van der Waals surface area contributed by atoms with E-state index in [1.54, 1.807) is 0 Å². The van der Waals surface area contributed by atoms with E-state index in [2.05, 4.69) is 65.1 Å². The standard InChI is InChI=1S/C19H26N4S/c1-4-5-11-23-18(15-9-12-22(13-15)14(2)3)17(21-19(23)24)16-8-6-7-10-20-16/h6-10,12-14,17-18H,4-5,11H2,1-3H3,(H,21,24)/t17-,18+/m1/s1. The highest BCUT2D eigenvalue weighted by Crippen LogP contribution is 2.38. The summed E-state index contributed by atoms with van der Waals surface area (Å²) in [7, 11) is 0. The van der Waals surface area contributed by atoms with Crippen molar-refractivity contribution in [2.45, 2.75) is 51.7 Å². The van der Waals surface area contributed by atoms with Gasteiger partial charge in [-0.1, -0.05) is 19.4 Å². The normalized spacial score (nSPS) is 20.7. The smallest absolute Gasteiger partial charge is 0.170 e. The van der Waals surface area contributed by atoms with Crippen LogP contribution in [0.1, 0.15) is 63.0 Å². The van der Waals surface area contributed by atoms with Crippen LogP contribution < -0.4 is 5.32 Å². The minimum absolute atomic E-state index is 0.0959. The van der Waals surface area contributed by atoms with Crippen molar-refractivity contribution in [1.82, 2.24) is 19.8 Å². The van der Waals surface area contributed by atoms with Crippen molar-refractivity contribution in [3.8, 4) is 0 Å². The number of pyridine rings is 1. The van der Waals surface area contributed by atoms with Crippen molar-refractivity contribution in [2.24, 2.45) is 0 Å². The van der Waals surface area contributed by atoms with Crippen LogP contribution in [0, 0.1) is 0 Å². The number of aromatic nitrogens is 2. The molecule has 1 aliphatic heterocycles. The van der Waals surface area contributed by atoms with Crippen LogP contribution in [-0.4, -0.2) is 26.1 Å². The third-order valence-corrected chi connectivity index (χ3v) is 4.98. The van der Waals surface area contributed by atoms with Crippen molar-refractivity contribution >= 4 is 17.3 Å². The number of hydrogen-bond donors (Lipinski definition) is 1. The quantitative estimate of drug-likeness (QED) is 0.796. The van der Waals surface area contributed by atoms with Crippen LogP contribution in [0.5, 0.6) is 0 Å². The lowest BCUT2D eigenvalue weighted by molar-refractivity contribution is 0.312. The van der Waals surface area contributed by atoms with Gasteiger partial charge in [0.25, 0.3) is 0 Å². The van der Waals surface area contributed by atoms with Gasteiger partial charge in [0.2, 0.25) is 0 Å². The zero-order valence-electron chi connectivity index (χ0n) is 14.6. The summed E-state index contributed by atoms with van der Waals surface area (Å²) in [6.45, 7) is 7.59. The Morgan fingerprint density at radius 3 is 2.75 bits per heavy atom. The molecule has 0 unspecified atom stereocenters. The lowest BCUT2D eigenvalue weighted by Crippen LogP contribution is -2.30. The lowest BCUT2D eigenvalue weighted by atomic mass is 9.99. The monoisotopic (exact) mass is 342 g/mol. The van der Waals surface area contributed by atoms with Gasteiger partial charge in [0, 0.05) is 31.2 Å². The second-order valence-electron chi connectivity index (χ2n) is 6.66. The molecule has 0 spiro atoms. The molecule has 5 heteroatoms. The van der Waals surface area contributed by atoms with Gasteiger partial charge in [-0.25, -0.2) is 0 Å². The third kappa shape index (κ3) is 3.31. The highest BCUT2D eigenvalue weighted by molar-refractivity contribution is 7.80. The molecular weight excluding hydrogens is 316 g/mol. The van der Waals surface area contributed by atoms with Crippen LogP contribution in [0.2, 0.25) is 0 Å². The van der Waals surface area contributed by atoms with Gasteiger partial charge in [0.15, 0.2) is 5.11 Å². The molecule has 4 nitrogen and oxygen atoms in total. The summed E-state index contributed by atoms with van der Waals surface area (Å²) in [5.41, 5.74) is 2.34. The van der Waals surface area contributed by atoms with Crippen LogP contribution in [0.3, 0.4) is 0 Å². The van der Waals surface area contributed by atoms with Gasteiger partial charge in [-0.2, -0.15) is 0 Å². The first-order valence-corrected chi connectivity index (χ1v) is 9.18. The van der Waals surface area contributed by atoms with E-state index in [1.165, 1.54) is 5.56 Å². The predicted octanol–water partition coefficient (Wildman–Crippen LogP) is 4.24. The molecule has 0 radical (unpaired) electrons. The van der Waals surface area contributed by atoms with Crippen molar-refractivity contribution in [1.29, 1.82) is 0 Å². The van der Waals surface area contributed by atoms with Crippen molar-refractivity contribution in [2.75, 3.05) is 6.54 Å². The molecular formula is C19H26N4S. The molecule has 2 aromatic heterocycles. The second kappa shape index (κ2) is 7.34. The molecule has 0 amide bonds. The van der Waals surface area contributed by atoms with E-state index in [0.29, 0.717) is 6.04 Å². The van der Waals surface area contributed by atoms with Gasteiger partial charge >= 0.3 is 0 Å². The fraction of sp³-hybridized carbons (Fsp3) is 0.474. The maximum atomic E-state index is 5.65. The van der Waals surface area contributed by atoms with Gasteiger partial charge in [0.05, 0.1) is 17.8 Å². The highest BCUT2D eigenvalue weighted by Gasteiger charge is 2.39. The number of rotatable bonds is 6. The molecule has 2 atom stereocenters. The fourth-order valence-electron chi connectivity index (χ4n) is 3.26. The molecule has 3 heterocycles. The summed E-state index contributed by atoms with van der Waals surface area (Å²) >= 11 is 5.65. The van der Waals surface area contributed by atoms with Crippen LogP contribution in [0.25, 0.3) is 0 Å². The molecule has 128 valence electrons. The van der Waals surface area contributed by atoms with E-state index >= 15 is 0 Å². The Morgan fingerprint density at radius 1 is 1.29 bits per heavy atom. The molecule has 0 aliphatic carbocycles. The zero-order chi connectivity index (χ0) is 17.1. The van der Waals surface area contributed by atoms with E-state index in [-0.39, 0.29) is 12.1 Å². The first-order chi connectivity index (χ1) is 11.6. The Balaban J connectivity index is 1.96. The van der Waals surface area contributed by atoms with E-state index in [0.717, 1.165) is 30.2 Å². The number of hydrogen-bond acceptors (Lipinski definition) is 2. The van der Waals surface area contributed by atoms with E-state index in [4.69, 9.17) is 12.2 Å². The fourth-order valence-corrected chi connectivity index (χ4v) is 3.60. The molecule has 2 aromatic rings. The molecule has 1 N–H and O–H groups in total. The summed E-state index contributed by atoms with van der Waals surface area (Å²) in [5, 5.41) is 4.34. The van der Waals surface area contributed by atoms with Crippen molar-refractivity contribution in [3.63, 3.8) is 0 Å². The summed E-state index contributed by atoms with van der Waals surface area (Å²) in [4.78, 5) is 6.90. The van der Waals surface area contributed by atoms with Gasteiger partial charge < -0.3 is 14.8 Å². The highest BCUT2D eigenvalue weighted by atomic mass is 32.1. The van der Waals surface area contributed by atoms with Crippen LogP contribution in [0.4, 0.5) is 0 Å². The Morgan fingerprint density at radius 2 is 2.12 bits per heavy atom. The molecule has 0 bridgehead atoms. The predicted molar refractivity (Wildman–Crippen MR) is 102 cm³/mol. The Bertz CT molecular complexity index is 680. The second-order valence-corrected chi connectivity index (χ2v) is 7.05. The topological polar surface area (TPSA) is 33.1 Å². The minimum atomic E-state index is 0.0959. The average molecular weight is 343 g/mol.